The summed E-state index contributed by atoms with van der Waals surface area (Å²) in [6, 6.07) is -2.10. The molecule has 0 saturated heterocycles. The van der Waals surface area contributed by atoms with Crippen LogP contribution in [0.1, 0.15) is 13.8 Å². The molecule has 0 aliphatic carbocycles. The van der Waals surface area contributed by atoms with E-state index in [1.165, 1.54) is 11.8 Å². The highest BCUT2D eigenvalue weighted by Gasteiger charge is 2.21. The molecule has 0 fully saturated rings. The van der Waals surface area contributed by atoms with Crippen molar-refractivity contribution in [1.82, 2.24) is 15.5 Å². The van der Waals surface area contributed by atoms with E-state index in [0.29, 0.717) is 0 Å². The lowest BCUT2D eigenvalue weighted by Gasteiger charge is -2.21. The smallest absolute Gasteiger partial charge is 0.318 e. The van der Waals surface area contributed by atoms with E-state index in [9.17, 15) is 14.4 Å². The predicted octanol–water partition coefficient (Wildman–Crippen LogP) is -1.36. The van der Waals surface area contributed by atoms with Crippen LogP contribution in [0.5, 0.6) is 0 Å². The molecule has 7 heteroatoms. The number of primary amides is 1. The minimum Gasteiger partial charge on any atom is -0.351 e. The second-order valence-electron chi connectivity index (χ2n) is 3.70. The number of nitrogens with one attached hydrogen (secondary N) is 2. The number of imide groups is 1. The molecule has 92 valence electrons. The van der Waals surface area contributed by atoms with Gasteiger partial charge in [-0.25, -0.2) is 4.79 Å². The molecule has 0 heterocycles. The summed E-state index contributed by atoms with van der Waals surface area (Å²) >= 11 is 0. The van der Waals surface area contributed by atoms with Crippen LogP contribution in [-0.4, -0.2) is 48.9 Å². The van der Waals surface area contributed by atoms with Crippen LogP contribution < -0.4 is 16.4 Å². The van der Waals surface area contributed by atoms with E-state index >= 15 is 0 Å². The van der Waals surface area contributed by atoms with Gasteiger partial charge in [0.2, 0.25) is 11.8 Å². The average Bonchev–Trinajstić information content (AvgIpc) is 2.14. The molecule has 0 aliphatic heterocycles. The highest BCUT2D eigenvalue weighted by atomic mass is 16.2. The monoisotopic (exact) mass is 230 g/mol. The van der Waals surface area contributed by atoms with E-state index < -0.39 is 24.0 Å². The molecule has 4 amide bonds. The standard InChI is InChI=1S/C9H18N4O3/c1-5(7(14)12-9(10)16)11-6(2)8(15)13(3)4/h5-6,11H,1-4H3,(H3,10,12,14,16). The van der Waals surface area contributed by atoms with E-state index in [2.05, 4.69) is 5.32 Å². The first kappa shape index (κ1) is 14.4. The maximum absolute atomic E-state index is 11.5. The zero-order chi connectivity index (χ0) is 12.9. The summed E-state index contributed by atoms with van der Waals surface area (Å²) < 4.78 is 0. The summed E-state index contributed by atoms with van der Waals surface area (Å²) in [4.78, 5) is 34.6. The van der Waals surface area contributed by atoms with Gasteiger partial charge >= 0.3 is 6.03 Å². The van der Waals surface area contributed by atoms with Gasteiger partial charge in [0.25, 0.3) is 0 Å². The van der Waals surface area contributed by atoms with Gasteiger partial charge in [0.15, 0.2) is 0 Å². The topological polar surface area (TPSA) is 105 Å². The summed E-state index contributed by atoms with van der Waals surface area (Å²) in [5.41, 5.74) is 4.80. The van der Waals surface area contributed by atoms with Crippen LogP contribution in [0.4, 0.5) is 4.79 Å². The van der Waals surface area contributed by atoms with Crippen LogP contribution >= 0.6 is 0 Å². The molecule has 0 rings (SSSR count). The Morgan fingerprint density at radius 1 is 1.12 bits per heavy atom. The number of nitrogens with two attached hydrogens (primary N) is 1. The van der Waals surface area contributed by atoms with Crippen LogP contribution in [0.3, 0.4) is 0 Å². The Labute approximate surface area is 94.3 Å². The van der Waals surface area contributed by atoms with Crippen LogP contribution in [0.2, 0.25) is 0 Å². The molecular formula is C9H18N4O3. The molecule has 0 aliphatic rings. The number of likely N-dealkylation sites (N-methyl/N-ethyl adjacent to an activating group) is 1. The van der Waals surface area contributed by atoms with Crippen LogP contribution in [0, 0.1) is 0 Å². The fourth-order valence-corrected chi connectivity index (χ4v) is 1.14. The van der Waals surface area contributed by atoms with Crippen molar-refractivity contribution < 1.29 is 14.4 Å². The molecule has 0 spiro atoms. The number of carbonyl (C=O) groups is 3. The lowest BCUT2D eigenvalue weighted by molar-refractivity contribution is -0.131. The van der Waals surface area contributed by atoms with Crippen LogP contribution in [0.15, 0.2) is 0 Å². The summed E-state index contributed by atoms with van der Waals surface area (Å²) in [5, 5.41) is 4.68. The van der Waals surface area contributed by atoms with Crippen molar-refractivity contribution in [2.45, 2.75) is 25.9 Å². The van der Waals surface area contributed by atoms with E-state index in [4.69, 9.17) is 5.73 Å². The molecule has 2 unspecified atom stereocenters. The summed E-state index contributed by atoms with van der Waals surface area (Å²) in [7, 11) is 3.24. The SMILES string of the molecule is CC(NC(C)C(=O)N(C)C)C(=O)NC(N)=O. The fraction of sp³-hybridized carbons (Fsp3) is 0.667. The van der Waals surface area contributed by atoms with Crippen molar-refractivity contribution in [1.29, 1.82) is 0 Å². The van der Waals surface area contributed by atoms with Crippen LogP contribution in [-0.2, 0) is 9.59 Å². The largest absolute Gasteiger partial charge is 0.351 e. The third-order valence-electron chi connectivity index (χ3n) is 1.95. The van der Waals surface area contributed by atoms with Gasteiger partial charge < -0.3 is 10.6 Å². The molecule has 7 nitrogen and oxygen atoms in total. The molecule has 0 bridgehead atoms. The fourth-order valence-electron chi connectivity index (χ4n) is 1.14. The number of rotatable bonds is 4. The second kappa shape index (κ2) is 6.06. The zero-order valence-electron chi connectivity index (χ0n) is 9.90. The van der Waals surface area contributed by atoms with Gasteiger partial charge in [0.1, 0.15) is 0 Å². The van der Waals surface area contributed by atoms with Gasteiger partial charge in [-0.3, -0.25) is 20.2 Å². The van der Waals surface area contributed by atoms with Gasteiger partial charge in [-0.1, -0.05) is 0 Å². The van der Waals surface area contributed by atoms with E-state index in [1.54, 1.807) is 21.0 Å². The molecule has 4 N–H and O–H groups in total. The Hall–Kier alpha value is -1.63. The summed E-state index contributed by atoms with van der Waals surface area (Å²) in [6.07, 6.45) is 0. The van der Waals surface area contributed by atoms with E-state index in [0.717, 1.165) is 0 Å². The van der Waals surface area contributed by atoms with E-state index in [-0.39, 0.29) is 5.91 Å². The molecule has 16 heavy (non-hydrogen) atoms. The first-order chi connectivity index (χ1) is 7.25. The lowest BCUT2D eigenvalue weighted by Crippen LogP contribution is -2.52. The Bertz CT molecular complexity index is 290. The third-order valence-corrected chi connectivity index (χ3v) is 1.95. The molecule has 0 aromatic heterocycles. The maximum atomic E-state index is 11.5. The molecular weight excluding hydrogens is 212 g/mol. The minimum atomic E-state index is -0.912. The zero-order valence-corrected chi connectivity index (χ0v) is 9.90. The van der Waals surface area contributed by atoms with Gasteiger partial charge in [-0.15, -0.1) is 0 Å². The van der Waals surface area contributed by atoms with Gasteiger partial charge in [0.05, 0.1) is 12.1 Å². The predicted molar refractivity (Wildman–Crippen MR) is 58.5 cm³/mol. The van der Waals surface area contributed by atoms with Gasteiger partial charge in [-0.05, 0) is 13.8 Å². The number of urea groups is 1. The highest BCUT2D eigenvalue weighted by Crippen LogP contribution is 1.92. The summed E-state index contributed by atoms with van der Waals surface area (Å²) in [5.74, 6) is -0.718. The van der Waals surface area contributed by atoms with Gasteiger partial charge in [0, 0.05) is 14.1 Å². The first-order valence-corrected chi connectivity index (χ1v) is 4.83. The lowest BCUT2D eigenvalue weighted by atomic mass is 10.2. The van der Waals surface area contributed by atoms with Crippen molar-refractivity contribution in [2.24, 2.45) is 5.73 Å². The quantitative estimate of drug-likeness (QED) is 0.554. The van der Waals surface area contributed by atoms with Crippen molar-refractivity contribution >= 4 is 17.8 Å². The Balaban J connectivity index is 4.23. The normalized spacial score (nSPS) is 13.8. The van der Waals surface area contributed by atoms with Crippen molar-refractivity contribution in [3.05, 3.63) is 0 Å². The van der Waals surface area contributed by atoms with Crippen molar-refractivity contribution in [3.8, 4) is 0 Å². The molecule has 0 aromatic carbocycles. The number of hydrogen-bond acceptors (Lipinski definition) is 4. The van der Waals surface area contributed by atoms with Crippen molar-refractivity contribution in [3.63, 3.8) is 0 Å². The highest BCUT2D eigenvalue weighted by molar-refractivity contribution is 5.96. The minimum absolute atomic E-state index is 0.154. The number of nitrogens with zero attached hydrogens (tertiary/aromatic N) is 1. The Morgan fingerprint density at radius 2 is 1.62 bits per heavy atom. The molecule has 0 saturated carbocycles. The first-order valence-electron chi connectivity index (χ1n) is 4.83. The third kappa shape index (κ3) is 4.74. The maximum Gasteiger partial charge on any atom is 0.318 e. The van der Waals surface area contributed by atoms with Crippen molar-refractivity contribution in [2.75, 3.05) is 14.1 Å². The summed E-state index contributed by atoms with van der Waals surface area (Å²) in [6.45, 7) is 3.17. The Morgan fingerprint density at radius 3 is 2.00 bits per heavy atom. The second-order valence-corrected chi connectivity index (χ2v) is 3.70. The van der Waals surface area contributed by atoms with Gasteiger partial charge in [-0.2, -0.15) is 0 Å². The van der Waals surface area contributed by atoms with E-state index in [1.807, 2.05) is 5.32 Å². The average molecular weight is 230 g/mol. The molecule has 0 radical (unpaired) electrons. The van der Waals surface area contributed by atoms with Crippen LogP contribution in [0.25, 0.3) is 0 Å². The number of amides is 4. The number of carbonyl (C=O) groups excluding carboxylic acids is 3. The molecule has 0 aromatic rings. The Kier molecular flexibility index (Phi) is 5.44. The molecule has 2 atom stereocenters. The number of hydrogen-bond donors (Lipinski definition) is 3.